The number of rotatable bonds is 1. The Hall–Kier alpha value is -0.870. The van der Waals surface area contributed by atoms with Gasteiger partial charge in [0.1, 0.15) is 10.1 Å². The van der Waals surface area contributed by atoms with E-state index in [0.29, 0.717) is 6.04 Å². The predicted octanol–water partition coefficient (Wildman–Crippen LogP) is 3.18. The van der Waals surface area contributed by atoms with Crippen LogP contribution in [0.2, 0.25) is 0 Å². The molecule has 1 aromatic heterocycles. The molecule has 76 valence electrons. The molecule has 2 heterocycles. The van der Waals surface area contributed by atoms with Gasteiger partial charge < -0.3 is 0 Å². The maximum absolute atomic E-state index is 4.60. The first-order valence-corrected chi connectivity index (χ1v) is 6.70. The Bertz CT molecular complexity index is 497. The quantitative estimate of drug-likeness (QED) is 0.757. The van der Waals surface area contributed by atoms with Gasteiger partial charge in [-0.3, -0.25) is 4.99 Å². The highest BCUT2D eigenvalue weighted by molar-refractivity contribution is 8.15. The molecular formula is C11H10N2S2. The molecule has 1 aliphatic heterocycles. The third-order valence-electron chi connectivity index (χ3n) is 2.28. The zero-order valence-corrected chi connectivity index (χ0v) is 9.94. The number of hydrogen-bond acceptors (Lipinski definition) is 4. The van der Waals surface area contributed by atoms with Crippen molar-refractivity contribution in [2.45, 2.75) is 13.0 Å². The standard InChI is InChI=1S/C11H10N2S2/c1-7-6-14-10(12-7)11-13-8-4-2-3-5-9(8)15-11/h2-5,7H,6H2,1H3/t7-/m1/s1. The number of thioether (sulfide) groups is 1. The first-order valence-electron chi connectivity index (χ1n) is 4.89. The second-order valence-corrected chi connectivity index (χ2v) is 5.62. The molecule has 1 aromatic carbocycles. The maximum atomic E-state index is 4.60. The Kier molecular flexibility index (Phi) is 2.25. The maximum Gasteiger partial charge on any atom is 0.149 e. The van der Waals surface area contributed by atoms with Gasteiger partial charge in [-0.25, -0.2) is 4.98 Å². The van der Waals surface area contributed by atoms with E-state index in [2.05, 4.69) is 35.1 Å². The van der Waals surface area contributed by atoms with Gasteiger partial charge in [-0.2, -0.15) is 0 Å². The molecule has 0 amide bonds. The van der Waals surface area contributed by atoms with E-state index >= 15 is 0 Å². The van der Waals surface area contributed by atoms with E-state index in [1.165, 1.54) is 4.70 Å². The van der Waals surface area contributed by atoms with Crippen LogP contribution in [0.5, 0.6) is 0 Å². The van der Waals surface area contributed by atoms with Gasteiger partial charge in [0.15, 0.2) is 0 Å². The number of fused-ring (bicyclic) bond motifs is 1. The van der Waals surface area contributed by atoms with Gasteiger partial charge in [0, 0.05) is 5.75 Å². The van der Waals surface area contributed by atoms with E-state index in [4.69, 9.17) is 0 Å². The zero-order chi connectivity index (χ0) is 10.3. The first kappa shape index (κ1) is 9.36. The van der Waals surface area contributed by atoms with Crippen molar-refractivity contribution in [1.82, 2.24) is 4.98 Å². The molecule has 3 rings (SSSR count). The Labute approximate surface area is 96.4 Å². The fourth-order valence-corrected chi connectivity index (χ4v) is 3.61. The van der Waals surface area contributed by atoms with Gasteiger partial charge in [0.25, 0.3) is 0 Å². The lowest BCUT2D eigenvalue weighted by molar-refractivity contribution is 0.865. The second-order valence-electron chi connectivity index (χ2n) is 3.58. The van der Waals surface area contributed by atoms with Gasteiger partial charge in [0.05, 0.1) is 16.3 Å². The lowest BCUT2D eigenvalue weighted by Gasteiger charge is -1.89. The minimum atomic E-state index is 0.442. The summed E-state index contributed by atoms with van der Waals surface area (Å²) < 4.78 is 1.25. The number of para-hydroxylation sites is 1. The van der Waals surface area contributed by atoms with Crippen molar-refractivity contribution in [2.24, 2.45) is 4.99 Å². The summed E-state index contributed by atoms with van der Waals surface area (Å²) >= 11 is 3.55. The van der Waals surface area contributed by atoms with Crippen LogP contribution in [0.1, 0.15) is 11.9 Å². The lowest BCUT2D eigenvalue weighted by Crippen LogP contribution is -1.93. The second kappa shape index (κ2) is 3.61. The first-order chi connectivity index (χ1) is 7.33. The third kappa shape index (κ3) is 1.68. The average molecular weight is 234 g/mol. The Balaban J connectivity index is 2.09. The molecule has 15 heavy (non-hydrogen) atoms. The molecule has 0 radical (unpaired) electrons. The zero-order valence-electron chi connectivity index (χ0n) is 8.30. The number of thiazole rings is 1. The number of nitrogens with zero attached hydrogens (tertiary/aromatic N) is 2. The van der Waals surface area contributed by atoms with Gasteiger partial charge in [-0.15, -0.1) is 23.1 Å². The van der Waals surface area contributed by atoms with Crippen molar-refractivity contribution in [3.63, 3.8) is 0 Å². The van der Waals surface area contributed by atoms with Gasteiger partial charge in [-0.05, 0) is 19.1 Å². The van der Waals surface area contributed by atoms with Crippen molar-refractivity contribution in [3.8, 4) is 0 Å². The minimum Gasteiger partial charge on any atom is -0.271 e. The van der Waals surface area contributed by atoms with Gasteiger partial charge >= 0.3 is 0 Å². The van der Waals surface area contributed by atoms with Crippen LogP contribution in [0.25, 0.3) is 10.2 Å². The molecule has 2 nitrogen and oxygen atoms in total. The monoisotopic (exact) mass is 234 g/mol. The van der Waals surface area contributed by atoms with Crippen LogP contribution in [-0.2, 0) is 0 Å². The highest BCUT2D eigenvalue weighted by Gasteiger charge is 2.18. The SMILES string of the molecule is C[C@@H]1CSC(c2nc3ccccc3s2)=N1. The molecule has 0 spiro atoms. The summed E-state index contributed by atoms with van der Waals surface area (Å²) in [7, 11) is 0. The van der Waals surface area contributed by atoms with Crippen LogP contribution in [0.4, 0.5) is 0 Å². The summed E-state index contributed by atoms with van der Waals surface area (Å²) in [5.74, 6) is 1.09. The fourth-order valence-electron chi connectivity index (χ4n) is 1.55. The fraction of sp³-hybridized carbons (Fsp3) is 0.273. The Morgan fingerprint density at radius 2 is 2.20 bits per heavy atom. The summed E-state index contributed by atoms with van der Waals surface area (Å²) in [6.07, 6.45) is 0. The van der Waals surface area contributed by atoms with Crippen molar-refractivity contribution >= 4 is 38.4 Å². The summed E-state index contributed by atoms with van der Waals surface area (Å²) in [4.78, 5) is 9.18. The van der Waals surface area contributed by atoms with Crippen LogP contribution in [-0.4, -0.2) is 21.8 Å². The molecule has 0 saturated heterocycles. The highest BCUT2D eigenvalue weighted by atomic mass is 32.2. The smallest absolute Gasteiger partial charge is 0.149 e. The number of hydrogen-bond donors (Lipinski definition) is 0. The van der Waals surface area contributed by atoms with Crippen LogP contribution >= 0.6 is 23.1 Å². The van der Waals surface area contributed by atoms with Crippen LogP contribution in [0, 0.1) is 0 Å². The molecule has 0 saturated carbocycles. The molecule has 4 heteroatoms. The average Bonchev–Trinajstić information content (AvgIpc) is 2.82. The highest BCUT2D eigenvalue weighted by Crippen LogP contribution is 2.29. The summed E-state index contributed by atoms with van der Waals surface area (Å²) in [6, 6.07) is 8.69. The Morgan fingerprint density at radius 3 is 2.93 bits per heavy atom. The molecule has 0 N–H and O–H groups in total. The van der Waals surface area contributed by atoms with E-state index in [-0.39, 0.29) is 0 Å². The van der Waals surface area contributed by atoms with E-state index in [1.807, 2.05) is 17.8 Å². The van der Waals surface area contributed by atoms with Crippen molar-refractivity contribution in [3.05, 3.63) is 29.3 Å². The summed E-state index contributed by atoms with van der Waals surface area (Å²) in [5, 5.41) is 2.19. The minimum absolute atomic E-state index is 0.442. The predicted molar refractivity (Wildman–Crippen MR) is 68.1 cm³/mol. The number of benzene rings is 1. The van der Waals surface area contributed by atoms with Crippen molar-refractivity contribution in [2.75, 3.05) is 5.75 Å². The van der Waals surface area contributed by atoms with E-state index in [9.17, 15) is 0 Å². The molecule has 2 aromatic rings. The van der Waals surface area contributed by atoms with Crippen molar-refractivity contribution in [1.29, 1.82) is 0 Å². The Morgan fingerprint density at radius 1 is 1.33 bits per heavy atom. The van der Waals surface area contributed by atoms with E-state index < -0.39 is 0 Å². The molecule has 0 fully saturated rings. The number of aromatic nitrogens is 1. The van der Waals surface area contributed by atoms with Crippen molar-refractivity contribution < 1.29 is 0 Å². The van der Waals surface area contributed by atoms with E-state index in [1.54, 1.807) is 11.3 Å². The van der Waals surface area contributed by atoms with Crippen LogP contribution < -0.4 is 0 Å². The van der Waals surface area contributed by atoms with Gasteiger partial charge in [-0.1, -0.05) is 12.1 Å². The molecule has 1 atom stereocenters. The van der Waals surface area contributed by atoms with Crippen LogP contribution in [0.3, 0.4) is 0 Å². The molecule has 1 aliphatic rings. The molecule has 0 unspecified atom stereocenters. The molecular weight excluding hydrogens is 224 g/mol. The summed E-state index contributed by atoms with van der Waals surface area (Å²) in [6.45, 7) is 2.15. The largest absolute Gasteiger partial charge is 0.271 e. The molecule has 0 aliphatic carbocycles. The topological polar surface area (TPSA) is 25.2 Å². The molecule has 0 bridgehead atoms. The third-order valence-corrected chi connectivity index (χ3v) is 4.67. The van der Waals surface area contributed by atoms with Crippen LogP contribution in [0.15, 0.2) is 29.3 Å². The lowest BCUT2D eigenvalue weighted by atomic mass is 10.3. The van der Waals surface area contributed by atoms with Gasteiger partial charge in [0.2, 0.25) is 0 Å². The summed E-state index contributed by atoms with van der Waals surface area (Å²) in [5.41, 5.74) is 1.08. The normalized spacial score (nSPS) is 20.9. The number of aliphatic imine (C=N–C) groups is 1. The van der Waals surface area contributed by atoms with E-state index in [0.717, 1.165) is 21.3 Å².